The molecule has 0 radical (unpaired) electrons. The Balaban J connectivity index is 1.86. The van der Waals surface area contributed by atoms with Crippen LogP contribution in [0.3, 0.4) is 0 Å². The van der Waals surface area contributed by atoms with Crippen LogP contribution in [0, 0.1) is 0 Å². The van der Waals surface area contributed by atoms with E-state index in [4.69, 9.17) is 21.7 Å². The molecule has 1 aromatic rings. The molecule has 0 aromatic heterocycles. The third-order valence-corrected chi connectivity index (χ3v) is 3.73. The minimum atomic E-state index is -0.658. The number of nitrogens with zero attached hydrogens (tertiary/aromatic N) is 1. The first-order valence-corrected chi connectivity index (χ1v) is 7.01. The van der Waals surface area contributed by atoms with E-state index in [2.05, 4.69) is 5.32 Å². The highest BCUT2D eigenvalue weighted by Crippen LogP contribution is 2.33. The van der Waals surface area contributed by atoms with Gasteiger partial charge in [0.2, 0.25) is 6.10 Å². The number of carbonyl (C=O) groups is 1. The van der Waals surface area contributed by atoms with E-state index in [1.54, 1.807) is 0 Å². The standard InChI is InChI=1S/C14H16N2O3S/c1-18-13(17)12-8-16(14(20)15-9-6-7-9)10-4-2-3-5-11(10)19-12/h2-5,9,12H,6-8H2,1H3,(H,15,20)/t12-/m0/s1. The minimum absolute atomic E-state index is 0.363. The van der Waals surface area contributed by atoms with Gasteiger partial charge < -0.3 is 19.7 Å². The minimum Gasteiger partial charge on any atom is -0.475 e. The summed E-state index contributed by atoms with van der Waals surface area (Å²) in [6.07, 6.45) is 1.63. The summed E-state index contributed by atoms with van der Waals surface area (Å²) >= 11 is 5.45. The van der Waals surface area contributed by atoms with Crippen LogP contribution in [-0.4, -0.2) is 36.9 Å². The van der Waals surface area contributed by atoms with Crippen molar-refractivity contribution in [2.75, 3.05) is 18.6 Å². The van der Waals surface area contributed by atoms with Crippen LogP contribution in [-0.2, 0) is 9.53 Å². The summed E-state index contributed by atoms with van der Waals surface area (Å²) in [5.41, 5.74) is 0.880. The number of nitrogens with one attached hydrogen (secondary N) is 1. The fourth-order valence-corrected chi connectivity index (χ4v) is 2.50. The van der Waals surface area contributed by atoms with Gasteiger partial charge in [-0.3, -0.25) is 0 Å². The predicted molar refractivity (Wildman–Crippen MR) is 79.0 cm³/mol. The molecule has 1 aliphatic heterocycles. The Labute approximate surface area is 122 Å². The zero-order chi connectivity index (χ0) is 14.1. The number of esters is 1. The molecule has 0 bridgehead atoms. The van der Waals surface area contributed by atoms with Crippen LogP contribution in [0.25, 0.3) is 0 Å². The number of anilines is 1. The summed E-state index contributed by atoms with van der Waals surface area (Å²) in [4.78, 5) is 13.7. The van der Waals surface area contributed by atoms with Crippen LogP contribution in [0.2, 0.25) is 0 Å². The fourth-order valence-electron chi connectivity index (χ4n) is 2.16. The van der Waals surface area contributed by atoms with Crippen molar-refractivity contribution in [3.8, 4) is 5.75 Å². The van der Waals surface area contributed by atoms with E-state index >= 15 is 0 Å². The highest BCUT2D eigenvalue weighted by atomic mass is 32.1. The highest BCUT2D eigenvalue weighted by molar-refractivity contribution is 7.80. The lowest BCUT2D eigenvalue weighted by molar-refractivity contribution is -0.148. The number of para-hydroxylation sites is 2. The first-order chi connectivity index (χ1) is 9.69. The Hall–Kier alpha value is -1.82. The van der Waals surface area contributed by atoms with Crippen LogP contribution in [0.1, 0.15) is 12.8 Å². The van der Waals surface area contributed by atoms with Gasteiger partial charge in [-0.1, -0.05) is 12.1 Å². The van der Waals surface area contributed by atoms with Gasteiger partial charge in [0.25, 0.3) is 0 Å². The smallest absolute Gasteiger partial charge is 0.348 e. The van der Waals surface area contributed by atoms with Crippen molar-refractivity contribution >= 4 is 29.0 Å². The van der Waals surface area contributed by atoms with Crippen molar-refractivity contribution < 1.29 is 14.3 Å². The van der Waals surface area contributed by atoms with Gasteiger partial charge in [-0.25, -0.2) is 4.79 Å². The molecular weight excluding hydrogens is 276 g/mol. The maximum absolute atomic E-state index is 11.7. The maximum atomic E-state index is 11.7. The monoisotopic (exact) mass is 292 g/mol. The van der Waals surface area contributed by atoms with Gasteiger partial charge in [0, 0.05) is 6.04 Å². The van der Waals surface area contributed by atoms with Crippen LogP contribution in [0.5, 0.6) is 5.75 Å². The van der Waals surface area contributed by atoms with Crippen LogP contribution in [0.15, 0.2) is 24.3 Å². The molecule has 2 aliphatic rings. The van der Waals surface area contributed by atoms with Gasteiger partial charge in [0.1, 0.15) is 5.75 Å². The van der Waals surface area contributed by atoms with Crippen molar-refractivity contribution in [3.05, 3.63) is 24.3 Å². The van der Waals surface area contributed by atoms with E-state index in [9.17, 15) is 4.79 Å². The number of hydrogen-bond acceptors (Lipinski definition) is 4. The van der Waals surface area contributed by atoms with Gasteiger partial charge in [0.15, 0.2) is 5.11 Å². The molecule has 3 rings (SSSR count). The van der Waals surface area contributed by atoms with Crippen LogP contribution in [0.4, 0.5) is 5.69 Å². The number of hydrogen-bond donors (Lipinski definition) is 1. The number of fused-ring (bicyclic) bond motifs is 1. The Morgan fingerprint density at radius 2 is 2.20 bits per heavy atom. The largest absolute Gasteiger partial charge is 0.475 e. The van der Waals surface area contributed by atoms with Crippen molar-refractivity contribution in [2.24, 2.45) is 0 Å². The Morgan fingerprint density at radius 1 is 1.45 bits per heavy atom. The number of ether oxygens (including phenoxy) is 2. The topological polar surface area (TPSA) is 50.8 Å². The average molecular weight is 292 g/mol. The molecule has 1 N–H and O–H groups in total. The Kier molecular flexibility index (Phi) is 3.48. The third kappa shape index (κ3) is 2.56. The zero-order valence-electron chi connectivity index (χ0n) is 11.2. The summed E-state index contributed by atoms with van der Waals surface area (Å²) in [5, 5.41) is 3.93. The molecule has 0 amide bonds. The molecular formula is C14H16N2O3S. The van der Waals surface area contributed by atoms with Gasteiger partial charge in [-0.2, -0.15) is 0 Å². The average Bonchev–Trinajstić information content (AvgIpc) is 3.29. The molecule has 1 fully saturated rings. The van der Waals surface area contributed by atoms with E-state index in [1.165, 1.54) is 7.11 Å². The molecule has 6 heteroatoms. The quantitative estimate of drug-likeness (QED) is 0.658. The molecule has 0 unspecified atom stereocenters. The molecule has 1 atom stereocenters. The fraction of sp³-hybridized carbons (Fsp3) is 0.429. The van der Waals surface area contributed by atoms with Gasteiger partial charge in [-0.15, -0.1) is 0 Å². The molecule has 1 aromatic carbocycles. The first kappa shape index (κ1) is 13.2. The zero-order valence-corrected chi connectivity index (χ0v) is 12.0. The van der Waals surface area contributed by atoms with Gasteiger partial charge in [-0.05, 0) is 37.2 Å². The van der Waals surface area contributed by atoms with Crippen molar-refractivity contribution in [2.45, 2.75) is 25.0 Å². The molecule has 1 saturated carbocycles. The second-order valence-corrected chi connectivity index (χ2v) is 5.32. The van der Waals surface area contributed by atoms with Crippen molar-refractivity contribution in [3.63, 3.8) is 0 Å². The second-order valence-electron chi connectivity index (χ2n) is 4.93. The number of rotatable bonds is 2. The van der Waals surface area contributed by atoms with E-state index < -0.39 is 12.1 Å². The van der Waals surface area contributed by atoms with Crippen molar-refractivity contribution in [1.82, 2.24) is 5.32 Å². The highest BCUT2D eigenvalue weighted by Gasteiger charge is 2.34. The predicted octanol–water partition coefficient (Wildman–Crippen LogP) is 1.46. The normalized spacial score (nSPS) is 20.6. The van der Waals surface area contributed by atoms with E-state index in [1.807, 2.05) is 29.2 Å². The molecule has 1 aliphatic carbocycles. The SMILES string of the molecule is COC(=O)[C@@H]1CN(C(=S)NC2CC2)c2ccccc2O1. The van der Waals surface area contributed by atoms with Crippen LogP contribution >= 0.6 is 12.2 Å². The number of carbonyl (C=O) groups excluding carboxylic acids is 1. The van der Waals surface area contributed by atoms with E-state index in [0.717, 1.165) is 18.5 Å². The number of methoxy groups -OCH3 is 1. The number of benzene rings is 1. The van der Waals surface area contributed by atoms with Crippen LogP contribution < -0.4 is 15.0 Å². The molecule has 5 nitrogen and oxygen atoms in total. The molecule has 20 heavy (non-hydrogen) atoms. The second kappa shape index (κ2) is 5.28. The molecule has 1 heterocycles. The van der Waals surface area contributed by atoms with Crippen molar-refractivity contribution in [1.29, 1.82) is 0 Å². The van der Waals surface area contributed by atoms with Gasteiger partial charge in [0.05, 0.1) is 19.3 Å². The molecule has 0 spiro atoms. The Morgan fingerprint density at radius 3 is 2.90 bits per heavy atom. The summed E-state index contributed by atoms with van der Waals surface area (Å²) in [6, 6.07) is 8.02. The third-order valence-electron chi connectivity index (χ3n) is 3.39. The summed E-state index contributed by atoms with van der Waals surface area (Å²) in [7, 11) is 1.36. The lowest BCUT2D eigenvalue weighted by Gasteiger charge is -2.35. The molecule has 0 saturated heterocycles. The lowest BCUT2D eigenvalue weighted by Crippen LogP contribution is -2.51. The number of thiocarbonyl (C=S) groups is 1. The summed E-state index contributed by atoms with van der Waals surface area (Å²) in [6.45, 7) is 0.363. The lowest BCUT2D eigenvalue weighted by atomic mass is 10.2. The summed E-state index contributed by atoms with van der Waals surface area (Å²) < 4.78 is 10.5. The Bertz CT molecular complexity index is 545. The van der Waals surface area contributed by atoms with E-state index in [0.29, 0.717) is 23.4 Å². The first-order valence-electron chi connectivity index (χ1n) is 6.60. The summed E-state index contributed by atoms with van der Waals surface area (Å²) in [5.74, 6) is 0.257. The van der Waals surface area contributed by atoms with E-state index in [-0.39, 0.29) is 0 Å². The van der Waals surface area contributed by atoms with Gasteiger partial charge >= 0.3 is 5.97 Å². The maximum Gasteiger partial charge on any atom is 0.348 e. The molecule has 106 valence electrons.